The summed E-state index contributed by atoms with van der Waals surface area (Å²) >= 11 is 0. The Labute approximate surface area is 127 Å². The molecule has 0 bridgehead atoms. The molecule has 1 unspecified atom stereocenters. The second-order valence-electron chi connectivity index (χ2n) is 5.47. The van der Waals surface area contributed by atoms with E-state index in [0.29, 0.717) is 0 Å². The number of ether oxygens (including phenoxy) is 1. The standard InChI is InChI=1S/C17H25N3O/c1-13-8-5-6-9-16(13)15(3)19-17-18-14(2)12-20(17)10-7-11-21-4/h5-6,8-9,12,15H,7,10-11H2,1-4H3,(H,18,19). The third-order valence-corrected chi connectivity index (χ3v) is 3.65. The van der Waals surface area contributed by atoms with Crippen LogP contribution in [0.15, 0.2) is 30.5 Å². The largest absolute Gasteiger partial charge is 0.385 e. The van der Waals surface area contributed by atoms with Gasteiger partial charge in [-0.1, -0.05) is 24.3 Å². The van der Waals surface area contributed by atoms with E-state index in [9.17, 15) is 0 Å². The highest BCUT2D eigenvalue weighted by atomic mass is 16.5. The molecular weight excluding hydrogens is 262 g/mol. The van der Waals surface area contributed by atoms with Gasteiger partial charge >= 0.3 is 0 Å². The number of methoxy groups -OCH3 is 1. The summed E-state index contributed by atoms with van der Waals surface area (Å²) in [5.41, 5.74) is 3.64. The van der Waals surface area contributed by atoms with Gasteiger partial charge in [-0.05, 0) is 38.3 Å². The van der Waals surface area contributed by atoms with Crippen molar-refractivity contribution in [3.8, 4) is 0 Å². The number of aryl methyl sites for hydroxylation is 3. The van der Waals surface area contributed by atoms with Gasteiger partial charge in [0, 0.05) is 26.5 Å². The summed E-state index contributed by atoms with van der Waals surface area (Å²) in [7, 11) is 1.73. The Balaban J connectivity index is 2.10. The van der Waals surface area contributed by atoms with E-state index in [2.05, 4.69) is 59.2 Å². The molecule has 0 radical (unpaired) electrons. The molecule has 0 amide bonds. The van der Waals surface area contributed by atoms with Crippen molar-refractivity contribution in [3.05, 3.63) is 47.3 Å². The maximum absolute atomic E-state index is 5.12. The van der Waals surface area contributed by atoms with E-state index in [1.165, 1.54) is 11.1 Å². The number of benzene rings is 1. The summed E-state index contributed by atoms with van der Waals surface area (Å²) in [6, 6.07) is 8.69. The average Bonchev–Trinajstić information content (AvgIpc) is 2.79. The van der Waals surface area contributed by atoms with Gasteiger partial charge in [-0.15, -0.1) is 0 Å². The molecule has 0 fully saturated rings. The Morgan fingerprint density at radius 3 is 2.76 bits per heavy atom. The number of imidazole rings is 1. The number of hydrogen-bond acceptors (Lipinski definition) is 3. The van der Waals surface area contributed by atoms with Gasteiger partial charge in [0.25, 0.3) is 0 Å². The van der Waals surface area contributed by atoms with Crippen LogP contribution < -0.4 is 5.32 Å². The molecule has 21 heavy (non-hydrogen) atoms. The molecule has 1 N–H and O–H groups in total. The topological polar surface area (TPSA) is 39.1 Å². The minimum Gasteiger partial charge on any atom is -0.385 e. The smallest absolute Gasteiger partial charge is 0.203 e. The molecule has 0 saturated heterocycles. The molecule has 0 spiro atoms. The number of aromatic nitrogens is 2. The lowest BCUT2D eigenvalue weighted by Crippen LogP contribution is -2.13. The van der Waals surface area contributed by atoms with Crippen molar-refractivity contribution >= 4 is 5.95 Å². The van der Waals surface area contributed by atoms with Gasteiger partial charge in [-0.25, -0.2) is 4.98 Å². The van der Waals surface area contributed by atoms with Crippen LogP contribution >= 0.6 is 0 Å². The molecule has 0 aliphatic carbocycles. The Kier molecular flexibility index (Phi) is 5.39. The lowest BCUT2D eigenvalue weighted by molar-refractivity contribution is 0.190. The predicted octanol–water partition coefficient (Wildman–Crippen LogP) is 3.71. The highest BCUT2D eigenvalue weighted by Crippen LogP contribution is 2.22. The van der Waals surface area contributed by atoms with E-state index < -0.39 is 0 Å². The summed E-state index contributed by atoms with van der Waals surface area (Å²) in [4.78, 5) is 4.60. The highest BCUT2D eigenvalue weighted by Gasteiger charge is 2.12. The summed E-state index contributed by atoms with van der Waals surface area (Å²) in [6.45, 7) is 8.02. The van der Waals surface area contributed by atoms with Crippen LogP contribution in [0.4, 0.5) is 5.95 Å². The molecule has 1 aromatic heterocycles. The van der Waals surface area contributed by atoms with Gasteiger partial charge in [-0.3, -0.25) is 0 Å². The van der Waals surface area contributed by atoms with Crippen LogP contribution in [0.5, 0.6) is 0 Å². The van der Waals surface area contributed by atoms with Crippen LogP contribution in [0.3, 0.4) is 0 Å². The summed E-state index contributed by atoms with van der Waals surface area (Å²) in [5, 5.41) is 3.53. The van der Waals surface area contributed by atoms with Gasteiger partial charge < -0.3 is 14.6 Å². The molecule has 2 aromatic rings. The van der Waals surface area contributed by atoms with E-state index in [-0.39, 0.29) is 6.04 Å². The lowest BCUT2D eigenvalue weighted by Gasteiger charge is -2.18. The van der Waals surface area contributed by atoms with Crippen LogP contribution in [-0.4, -0.2) is 23.3 Å². The second kappa shape index (κ2) is 7.27. The fourth-order valence-electron chi connectivity index (χ4n) is 2.56. The van der Waals surface area contributed by atoms with Crippen molar-refractivity contribution in [1.29, 1.82) is 0 Å². The van der Waals surface area contributed by atoms with Crippen LogP contribution in [0.25, 0.3) is 0 Å². The molecule has 0 saturated carbocycles. The second-order valence-corrected chi connectivity index (χ2v) is 5.47. The van der Waals surface area contributed by atoms with Crippen molar-refractivity contribution in [2.24, 2.45) is 0 Å². The number of nitrogens with one attached hydrogen (secondary N) is 1. The third kappa shape index (κ3) is 4.08. The Bertz CT molecular complexity index is 577. The first kappa shape index (κ1) is 15.6. The minimum atomic E-state index is 0.231. The van der Waals surface area contributed by atoms with E-state index in [0.717, 1.165) is 31.2 Å². The monoisotopic (exact) mass is 287 g/mol. The average molecular weight is 287 g/mol. The van der Waals surface area contributed by atoms with Crippen LogP contribution in [-0.2, 0) is 11.3 Å². The third-order valence-electron chi connectivity index (χ3n) is 3.65. The van der Waals surface area contributed by atoms with Gasteiger partial charge in [-0.2, -0.15) is 0 Å². The Hall–Kier alpha value is -1.81. The van der Waals surface area contributed by atoms with Crippen LogP contribution in [0.1, 0.15) is 36.2 Å². The molecule has 1 heterocycles. The Morgan fingerprint density at radius 2 is 2.05 bits per heavy atom. The summed E-state index contributed by atoms with van der Waals surface area (Å²) in [5.74, 6) is 0.930. The van der Waals surface area contributed by atoms with Gasteiger partial charge in [0.15, 0.2) is 0 Å². The van der Waals surface area contributed by atoms with E-state index in [1.54, 1.807) is 7.11 Å². The molecule has 114 valence electrons. The van der Waals surface area contributed by atoms with E-state index >= 15 is 0 Å². The predicted molar refractivity (Wildman–Crippen MR) is 86.7 cm³/mol. The Morgan fingerprint density at radius 1 is 1.29 bits per heavy atom. The summed E-state index contributed by atoms with van der Waals surface area (Å²) < 4.78 is 7.29. The number of rotatable bonds is 7. The molecule has 4 nitrogen and oxygen atoms in total. The molecule has 0 aliphatic heterocycles. The molecule has 1 aromatic carbocycles. The zero-order valence-electron chi connectivity index (χ0n) is 13.4. The van der Waals surface area contributed by atoms with Crippen molar-refractivity contribution in [2.45, 2.75) is 39.8 Å². The first-order chi connectivity index (χ1) is 10.1. The van der Waals surface area contributed by atoms with Crippen LogP contribution in [0.2, 0.25) is 0 Å². The van der Waals surface area contributed by atoms with Crippen molar-refractivity contribution in [3.63, 3.8) is 0 Å². The van der Waals surface area contributed by atoms with E-state index in [1.807, 2.05) is 6.92 Å². The maximum atomic E-state index is 5.12. The molecule has 1 atom stereocenters. The van der Waals surface area contributed by atoms with E-state index in [4.69, 9.17) is 4.74 Å². The molecule has 0 aliphatic rings. The van der Waals surface area contributed by atoms with Crippen molar-refractivity contribution < 1.29 is 4.74 Å². The zero-order chi connectivity index (χ0) is 15.2. The van der Waals surface area contributed by atoms with Gasteiger partial charge in [0.1, 0.15) is 0 Å². The summed E-state index contributed by atoms with van der Waals surface area (Å²) in [6.07, 6.45) is 3.07. The number of nitrogens with zero attached hydrogens (tertiary/aromatic N) is 2. The lowest BCUT2D eigenvalue weighted by atomic mass is 10.0. The first-order valence-corrected chi connectivity index (χ1v) is 7.46. The fraction of sp³-hybridized carbons (Fsp3) is 0.471. The van der Waals surface area contributed by atoms with Gasteiger partial charge in [0.2, 0.25) is 5.95 Å². The molecule has 2 rings (SSSR count). The SMILES string of the molecule is COCCCn1cc(C)nc1NC(C)c1ccccc1C. The first-order valence-electron chi connectivity index (χ1n) is 7.46. The highest BCUT2D eigenvalue weighted by molar-refractivity contribution is 5.37. The quantitative estimate of drug-likeness (QED) is 0.789. The normalized spacial score (nSPS) is 12.4. The van der Waals surface area contributed by atoms with Crippen molar-refractivity contribution in [2.75, 3.05) is 19.0 Å². The number of anilines is 1. The van der Waals surface area contributed by atoms with Crippen LogP contribution in [0, 0.1) is 13.8 Å². The zero-order valence-corrected chi connectivity index (χ0v) is 13.4. The maximum Gasteiger partial charge on any atom is 0.203 e. The number of hydrogen-bond donors (Lipinski definition) is 1. The van der Waals surface area contributed by atoms with Gasteiger partial charge in [0.05, 0.1) is 11.7 Å². The molecule has 4 heteroatoms. The molecular formula is C17H25N3O. The minimum absolute atomic E-state index is 0.231. The fourth-order valence-corrected chi connectivity index (χ4v) is 2.56. The van der Waals surface area contributed by atoms with Crippen molar-refractivity contribution in [1.82, 2.24) is 9.55 Å².